The minimum atomic E-state index is -0.498. The van der Waals surface area contributed by atoms with Crippen LogP contribution in [0.4, 0.5) is 0 Å². The second-order valence-corrected chi connectivity index (χ2v) is 10.2. The molecule has 0 saturated carbocycles. The summed E-state index contributed by atoms with van der Waals surface area (Å²) in [5, 5.41) is 15.9. The highest BCUT2D eigenvalue weighted by molar-refractivity contribution is 8.27. The Hall–Kier alpha value is -3.30. The molecule has 0 aliphatic carbocycles. The zero-order chi connectivity index (χ0) is 26.7. The molecule has 2 aromatic rings. The first kappa shape index (κ1) is 26.8. The number of aliphatic imine (C=N–C) groups is 1. The molecule has 2 aromatic carbocycles. The zero-order valence-corrected chi connectivity index (χ0v) is 23.0. The third-order valence-corrected chi connectivity index (χ3v) is 7.08. The Morgan fingerprint density at radius 3 is 2.43 bits per heavy atom. The summed E-state index contributed by atoms with van der Waals surface area (Å²) in [6.45, 7) is 10.9. The first-order chi connectivity index (χ1) is 17.7. The molecule has 0 unspecified atom stereocenters. The lowest BCUT2D eigenvalue weighted by atomic mass is 10.1. The van der Waals surface area contributed by atoms with Gasteiger partial charge in [-0.05, 0) is 67.4 Å². The van der Waals surface area contributed by atoms with Crippen molar-refractivity contribution in [3.63, 3.8) is 0 Å². The minimum Gasteiger partial charge on any atom is -0.490 e. The number of benzene rings is 2. The van der Waals surface area contributed by atoms with E-state index in [0.29, 0.717) is 40.5 Å². The number of hydrazone groups is 1. The fourth-order valence-electron chi connectivity index (χ4n) is 3.80. The van der Waals surface area contributed by atoms with Crippen LogP contribution in [-0.2, 0) is 4.79 Å². The number of nitrogens with one attached hydrogen (secondary N) is 1. The number of amides is 1. The van der Waals surface area contributed by atoms with Crippen molar-refractivity contribution >= 4 is 51.4 Å². The molecule has 0 radical (unpaired) electrons. The number of fused-ring (bicyclic) bond motifs is 1. The number of ether oxygens (including phenoxy) is 3. The smallest absolute Gasteiger partial charge is 0.283 e. The summed E-state index contributed by atoms with van der Waals surface area (Å²) in [6.07, 6.45) is 1.57. The molecule has 0 atom stereocenters. The average molecular weight is 541 g/mol. The highest BCUT2D eigenvalue weighted by Crippen LogP contribution is 2.38. The molecule has 2 aliphatic heterocycles. The van der Waals surface area contributed by atoms with Crippen LogP contribution < -0.4 is 14.2 Å². The first-order valence-corrected chi connectivity index (χ1v) is 13.2. The van der Waals surface area contributed by atoms with Crippen LogP contribution in [0, 0.1) is 25.2 Å². The van der Waals surface area contributed by atoms with E-state index in [1.165, 1.54) is 16.8 Å². The fraction of sp³-hybridized carbons (Fsp3) is 0.333. The Labute approximate surface area is 225 Å². The number of aryl methyl sites for hydroxylation is 2. The molecule has 0 fully saturated rings. The summed E-state index contributed by atoms with van der Waals surface area (Å²) in [6, 6.07) is 9.39. The van der Waals surface area contributed by atoms with Crippen LogP contribution in [-0.4, -0.2) is 46.8 Å². The van der Waals surface area contributed by atoms with E-state index in [4.69, 9.17) is 31.2 Å². The van der Waals surface area contributed by atoms with E-state index in [9.17, 15) is 4.79 Å². The van der Waals surface area contributed by atoms with Gasteiger partial charge in [0.1, 0.15) is 24.0 Å². The number of carbonyl (C=O) groups excluding carboxylic acids is 1. The molecule has 194 valence electrons. The Balaban J connectivity index is 1.53. The van der Waals surface area contributed by atoms with Crippen molar-refractivity contribution in [1.82, 2.24) is 5.01 Å². The Bertz CT molecular complexity index is 1320. The van der Waals surface area contributed by atoms with Crippen molar-refractivity contribution in [3.8, 4) is 17.2 Å². The third-order valence-electron chi connectivity index (χ3n) is 5.59. The molecular weight excluding hydrogens is 512 g/mol. The molecule has 0 spiro atoms. The van der Waals surface area contributed by atoms with Gasteiger partial charge in [-0.15, -0.1) is 0 Å². The van der Waals surface area contributed by atoms with Crippen LogP contribution in [0.25, 0.3) is 6.08 Å². The molecule has 1 N–H and O–H groups in total. The quantitative estimate of drug-likeness (QED) is 0.305. The van der Waals surface area contributed by atoms with E-state index in [2.05, 4.69) is 10.1 Å². The molecule has 0 saturated heterocycles. The van der Waals surface area contributed by atoms with E-state index in [-0.39, 0.29) is 23.9 Å². The van der Waals surface area contributed by atoms with E-state index in [1.807, 2.05) is 52.8 Å². The predicted molar refractivity (Wildman–Crippen MR) is 149 cm³/mol. The van der Waals surface area contributed by atoms with Crippen LogP contribution in [0.3, 0.4) is 0 Å². The van der Waals surface area contributed by atoms with Gasteiger partial charge in [0.05, 0.1) is 17.2 Å². The number of hydrogen-bond acceptors (Lipinski definition) is 7. The van der Waals surface area contributed by atoms with Gasteiger partial charge in [0.15, 0.2) is 17.3 Å². The lowest BCUT2D eigenvalue weighted by Gasteiger charge is -2.20. The number of nitrogens with zero attached hydrogens (tertiary/aromatic N) is 3. The Kier molecular flexibility index (Phi) is 8.24. The van der Waals surface area contributed by atoms with Gasteiger partial charge in [-0.2, -0.15) is 15.1 Å². The molecule has 8 nitrogen and oxygen atoms in total. The Morgan fingerprint density at radius 2 is 1.78 bits per heavy atom. The van der Waals surface area contributed by atoms with Crippen LogP contribution in [0.1, 0.15) is 37.5 Å². The molecule has 2 aliphatic rings. The number of para-hydroxylation sites is 1. The summed E-state index contributed by atoms with van der Waals surface area (Å²) < 4.78 is 17.6. The first-order valence-electron chi connectivity index (χ1n) is 12.0. The second kappa shape index (κ2) is 11.4. The number of halogens is 1. The van der Waals surface area contributed by atoms with Crippen molar-refractivity contribution in [3.05, 3.63) is 57.6 Å². The van der Waals surface area contributed by atoms with Crippen LogP contribution in [0.2, 0.25) is 5.02 Å². The second-order valence-electron chi connectivity index (χ2n) is 8.79. The third kappa shape index (κ3) is 5.83. The SMILES string of the molecule is CCOc1cc(C=C2C(=N)N3N=C(C(C)C)SC3=NC2=O)cc(Cl)c1OCCOc1c(C)cccc1C. The van der Waals surface area contributed by atoms with Crippen molar-refractivity contribution in [2.45, 2.75) is 34.6 Å². The standard InChI is InChI=1S/C27H29ClN4O4S/c1-6-34-21-14-18(12-19-24(29)32-27(30-25(19)33)37-26(31-32)15(2)3)13-20(28)23(21)36-11-10-35-22-16(4)8-7-9-17(22)5/h7-9,12-15,29H,6,10-11H2,1-5H3. The van der Waals surface area contributed by atoms with Gasteiger partial charge in [0, 0.05) is 5.92 Å². The van der Waals surface area contributed by atoms with Crippen LogP contribution in [0.5, 0.6) is 17.2 Å². The Morgan fingerprint density at radius 1 is 1.11 bits per heavy atom. The summed E-state index contributed by atoms with van der Waals surface area (Å²) in [7, 11) is 0. The number of hydrogen-bond donors (Lipinski definition) is 1. The molecule has 4 rings (SSSR count). The predicted octanol–water partition coefficient (Wildman–Crippen LogP) is 6.09. The summed E-state index contributed by atoms with van der Waals surface area (Å²) in [5.74, 6) is 1.31. The summed E-state index contributed by atoms with van der Waals surface area (Å²) in [4.78, 5) is 16.9. The minimum absolute atomic E-state index is 0.0313. The van der Waals surface area contributed by atoms with Crippen molar-refractivity contribution in [2.75, 3.05) is 19.8 Å². The van der Waals surface area contributed by atoms with E-state index in [0.717, 1.165) is 21.9 Å². The lowest BCUT2D eigenvalue weighted by Crippen LogP contribution is -2.35. The van der Waals surface area contributed by atoms with E-state index >= 15 is 0 Å². The highest BCUT2D eigenvalue weighted by Gasteiger charge is 2.36. The number of carbonyl (C=O) groups is 1. The topological polar surface area (TPSA) is 96.6 Å². The molecule has 0 aromatic heterocycles. The maximum Gasteiger partial charge on any atom is 0.283 e. The van der Waals surface area contributed by atoms with Crippen molar-refractivity contribution < 1.29 is 19.0 Å². The monoisotopic (exact) mass is 540 g/mol. The van der Waals surface area contributed by atoms with Crippen LogP contribution >= 0.6 is 23.4 Å². The van der Waals surface area contributed by atoms with Gasteiger partial charge in [-0.3, -0.25) is 10.2 Å². The molecule has 2 heterocycles. The van der Waals surface area contributed by atoms with Gasteiger partial charge in [-0.1, -0.05) is 43.6 Å². The van der Waals surface area contributed by atoms with Crippen LogP contribution in [0.15, 0.2) is 46.0 Å². The largest absolute Gasteiger partial charge is 0.490 e. The maximum atomic E-state index is 12.7. The average Bonchev–Trinajstić information content (AvgIpc) is 3.27. The summed E-state index contributed by atoms with van der Waals surface area (Å²) in [5.41, 5.74) is 2.82. The number of amidine groups is 2. The molecule has 37 heavy (non-hydrogen) atoms. The molecule has 0 bridgehead atoms. The fourth-order valence-corrected chi connectivity index (χ4v) is 4.96. The van der Waals surface area contributed by atoms with Gasteiger partial charge in [0.2, 0.25) is 5.17 Å². The van der Waals surface area contributed by atoms with Gasteiger partial charge >= 0.3 is 0 Å². The number of thioether (sulfide) groups is 1. The van der Waals surface area contributed by atoms with Gasteiger partial charge in [0.25, 0.3) is 5.91 Å². The zero-order valence-electron chi connectivity index (χ0n) is 21.4. The van der Waals surface area contributed by atoms with Crippen molar-refractivity contribution in [2.24, 2.45) is 16.0 Å². The van der Waals surface area contributed by atoms with E-state index < -0.39 is 5.91 Å². The molecule has 10 heteroatoms. The van der Waals surface area contributed by atoms with E-state index in [1.54, 1.807) is 18.2 Å². The summed E-state index contributed by atoms with van der Waals surface area (Å²) >= 11 is 7.88. The highest BCUT2D eigenvalue weighted by atomic mass is 35.5. The number of rotatable bonds is 9. The molecular formula is C27H29ClN4O4S. The molecule has 1 amide bonds. The lowest BCUT2D eigenvalue weighted by molar-refractivity contribution is -0.114. The van der Waals surface area contributed by atoms with Crippen molar-refractivity contribution in [1.29, 1.82) is 5.41 Å². The maximum absolute atomic E-state index is 12.7. The van der Waals surface area contributed by atoms with Gasteiger partial charge < -0.3 is 14.2 Å². The normalized spacial score (nSPS) is 16.2. The van der Waals surface area contributed by atoms with Gasteiger partial charge in [-0.25, -0.2) is 0 Å².